The third-order valence-corrected chi connectivity index (χ3v) is 4.78. The molecule has 3 aromatic rings. The fourth-order valence-electron chi connectivity index (χ4n) is 3.25. The molecule has 0 aliphatic heterocycles. The summed E-state index contributed by atoms with van der Waals surface area (Å²) in [6.07, 6.45) is 1.85. The van der Waals surface area contributed by atoms with Gasteiger partial charge in [0.2, 0.25) is 0 Å². The monoisotopic (exact) mass is 384 g/mol. The Hall–Kier alpha value is -3.16. The van der Waals surface area contributed by atoms with E-state index in [-0.39, 0.29) is 36.5 Å². The number of benzene rings is 1. The third kappa shape index (κ3) is 3.49. The SMILES string of the molecule is Cc1cc(C(=O)NCCn2nc(-c3ccc(F)cc3)n(C3CC3)c2=O)c(C)o1. The van der Waals surface area contributed by atoms with E-state index in [0.29, 0.717) is 28.5 Å². The smallest absolute Gasteiger partial charge is 0.346 e. The van der Waals surface area contributed by atoms with E-state index in [1.165, 1.54) is 16.8 Å². The number of halogens is 1. The van der Waals surface area contributed by atoms with Crippen molar-refractivity contribution in [2.45, 2.75) is 39.3 Å². The number of rotatable bonds is 6. The van der Waals surface area contributed by atoms with Crippen molar-refractivity contribution in [3.8, 4) is 11.4 Å². The van der Waals surface area contributed by atoms with Crippen LogP contribution in [0.4, 0.5) is 4.39 Å². The maximum absolute atomic E-state index is 13.2. The predicted octanol–water partition coefficient (Wildman–Crippen LogP) is 2.83. The third-order valence-electron chi connectivity index (χ3n) is 4.78. The number of aryl methyl sites for hydroxylation is 2. The lowest BCUT2D eigenvalue weighted by Crippen LogP contribution is -2.32. The van der Waals surface area contributed by atoms with Gasteiger partial charge in [-0.2, -0.15) is 0 Å². The quantitative estimate of drug-likeness (QED) is 0.709. The van der Waals surface area contributed by atoms with Gasteiger partial charge in [-0.15, -0.1) is 5.10 Å². The van der Waals surface area contributed by atoms with Crippen molar-refractivity contribution >= 4 is 5.91 Å². The van der Waals surface area contributed by atoms with Crippen LogP contribution in [0.15, 0.2) is 39.5 Å². The number of furan rings is 1. The molecule has 1 aliphatic rings. The number of carbonyl (C=O) groups excluding carboxylic acids is 1. The van der Waals surface area contributed by atoms with Crippen molar-refractivity contribution in [2.24, 2.45) is 0 Å². The largest absolute Gasteiger partial charge is 0.466 e. The number of hydrogen-bond acceptors (Lipinski definition) is 4. The van der Waals surface area contributed by atoms with Crippen molar-refractivity contribution in [3.05, 3.63) is 63.7 Å². The lowest BCUT2D eigenvalue weighted by Gasteiger charge is -2.03. The lowest BCUT2D eigenvalue weighted by atomic mass is 10.2. The van der Waals surface area contributed by atoms with E-state index in [2.05, 4.69) is 10.4 Å². The van der Waals surface area contributed by atoms with Gasteiger partial charge in [-0.3, -0.25) is 9.36 Å². The zero-order valence-corrected chi connectivity index (χ0v) is 15.7. The van der Waals surface area contributed by atoms with Crippen LogP contribution in [0.3, 0.4) is 0 Å². The van der Waals surface area contributed by atoms with Crippen molar-refractivity contribution < 1.29 is 13.6 Å². The molecule has 1 amide bonds. The first-order valence-electron chi connectivity index (χ1n) is 9.24. The molecule has 1 saturated carbocycles. The van der Waals surface area contributed by atoms with Crippen molar-refractivity contribution in [3.63, 3.8) is 0 Å². The normalized spacial score (nSPS) is 13.7. The number of carbonyl (C=O) groups is 1. The minimum absolute atomic E-state index is 0.132. The highest BCUT2D eigenvalue weighted by Gasteiger charge is 2.30. The van der Waals surface area contributed by atoms with Crippen molar-refractivity contribution in [1.29, 1.82) is 0 Å². The Labute approximate surface area is 160 Å². The number of nitrogens with one attached hydrogen (secondary N) is 1. The van der Waals surface area contributed by atoms with Gasteiger partial charge in [-0.1, -0.05) is 0 Å². The molecule has 1 fully saturated rings. The highest BCUT2D eigenvalue weighted by Crippen LogP contribution is 2.36. The van der Waals surface area contributed by atoms with Crippen LogP contribution in [-0.2, 0) is 6.54 Å². The molecule has 7 nitrogen and oxygen atoms in total. The highest BCUT2D eigenvalue weighted by molar-refractivity contribution is 5.95. The van der Waals surface area contributed by atoms with Crippen molar-refractivity contribution in [1.82, 2.24) is 19.7 Å². The molecule has 28 heavy (non-hydrogen) atoms. The van der Waals surface area contributed by atoms with Gasteiger partial charge in [0.15, 0.2) is 5.82 Å². The summed E-state index contributed by atoms with van der Waals surface area (Å²) in [4.78, 5) is 25.1. The first-order valence-corrected chi connectivity index (χ1v) is 9.24. The molecule has 146 valence electrons. The van der Waals surface area contributed by atoms with E-state index in [1.54, 1.807) is 36.6 Å². The second-order valence-electron chi connectivity index (χ2n) is 7.02. The van der Waals surface area contributed by atoms with E-state index in [4.69, 9.17) is 4.42 Å². The molecule has 0 radical (unpaired) electrons. The average Bonchev–Trinajstić information content (AvgIpc) is 3.36. The Bertz CT molecular complexity index is 1070. The molecule has 1 aromatic carbocycles. The van der Waals surface area contributed by atoms with Gasteiger partial charge in [-0.25, -0.2) is 13.9 Å². The fourth-order valence-corrected chi connectivity index (χ4v) is 3.25. The second kappa shape index (κ2) is 7.10. The van der Waals surface area contributed by atoms with E-state index >= 15 is 0 Å². The Kier molecular flexibility index (Phi) is 4.62. The summed E-state index contributed by atoms with van der Waals surface area (Å²) in [5, 5.41) is 7.23. The molecule has 0 spiro atoms. The predicted molar refractivity (Wildman–Crippen MR) is 101 cm³/mol. The van der Waals surface area contributed by atoms with Crippen LogP contribution < -0.4 is 11.0 Å². The van der Waals surface area contributed by atoms with E-state index in [1.807, 2.05) is 0 Å². The minimum Gasteiger partial charge on any atom is -0.466 e. The molecule has 0 atom stereocenters. The Morgan fingerprint density at radius 3 is 2.61 bits per heavy atom. The van der Waals surface area contributed by atoms with Crippen LogP contribution in [0.25, 0.3) is 11.4 Å². The molecular weight excluding hydrogens is 363 g/mol. The first kappa shape index (κ1) is 18.2. The molecule has 2 aromatic heterocycles. The lowest BCUT2D eigenvalue weighted by molar-refractivity contribution is 0.0950. The van der Waals surface area contributed by atoms with E-state index < -0.39 is 0 Å². The van der Waals surface area contributed by atoms with Crippen LogP contribution in [-0.4, -0.2) is 26.8 Å². The van der Waals surface area contributed by atoms with Crippen molar-refractivity contribution in [2.75, 3.05) is 6.54 Å². The molecule has 4 rings (SSSR count). The van der Waals surface area contributed by atoms with Gasteiger partial charge in [0.25, 0.3) is 5.91 Å². The van der Waals surface area contributed by atoms with Gasteiger partial charge in [0.05, 0.1) is 12.1 Å². The van der Waals surface area contributed by atoms with Crippen LogP contribution in [0.1, 0.15) is 40.8 Å². The Morgan fingerprint density at radius 1 is 1.29 bits per heavy atom. The van der Waals surface area contributed by atoms with E-state index in [9.17, 15) is 14.0 Å². The maximum Gasteiger partial charge on any atom is 0.346 e. The second-order valence-corrected chi connectivity index (χ2v) is 7.02. The fraction of sp³-hybridized carbons (Fsp3) is 0.350. The molecule has 0 bridgehead atoms. The Balaban J connectivity index is 1.51. The summed E-state index contributed by atoms with van der Waals surface area (Å²) in [7, 11) is 0. The number of hydrogen-bond donors (Lipinski definition) is 1. The summed E-state index contributed by atoms with van der Waals surface area (Å²) in [6.45, 7) is 4.02. The van der Waals surface area contributed by atoms with E-state index in [0.717, 1.165) is 12.8 Å². The Morgan fingerprint density at radius 2 is 2.00 bits per heavy atom. The maximum atomic E-state index is 13.2. The average molecular weight is 384 g/mol. The van der Waals surface area contributed by atoms with Gasteiger partial charge in [0.1, 0.15) is 17.3 Å². The molecule has 0 saturated heterocycles. The topological polar surface area (TPSA) is 82.1 Å². The van der Waals surface area contributed by atoms with Gasteiger partial charge in [-0.05, 0) is 57.0 Å². The number of nitrogens with zero attached hydrogens (tertiary/aromatic N) is 3. The molecular formula is C20H21FN4O3. The van der Waals surface area contributed by atoms with Gasteiger partial charge in [0, 0.05) is 18.2 Å². The summed E-state index contributed by atoms with van der Waals surface area (Å²) in [5.74, 6) is 1.17. The van der Waals surface area contributed by atoms with Crippen LogP contribution in [0, 0.1) is 19.7 Å². The number of amides is 1. The standard InChI is InChI=1S/C20H21FN4O3/c1-12-11-17(13(2)28-12)19(26)22-9-10-24-20(27)25(16-7-8-16)18(23-24)14-3-5-15(21)6-4-14/h3-6,11,16H,7-10H2,1-2H3,(H,22,26). The molecule has 0 unspecified atom stereocenters. The summed E-state index contributed by atoms with van der Waals surface area (Å²) in [6, 6.07) is 7.76. The van der Waals surface area contributed by atoms with Gasteiger partial charge < -0.3 is 9.73 Å². The highest BCUT2D eigenvalue weighted by atomic mass is 19.1. The molecule has 1 aliphatic carbocycles. The molecule has 2 heterocycles. The zero-order chi connectivity index (χ0) is 19.8. The van der Waals surface area contributed by atoms with Crippen LogP contribution in [0.2, 0.25) is 0 Å². The zero-order valence-electron chi connectivity index (χ0n) is 15.7. The molecule has 1 N–H and O–H groups in total. The summed E-state index contributed by atoms with van der Waals surface area (Å²) in [5.41, 5.74) is 0.962. The number of aromatic nitrogens is 3. The minimum atomic E-state index is -0.337. The first-order chi connectivity index (χ1) is 13.4. The van der Waals surface area contributed by atoms with Crippen LogP contribution >= 0.6 is 0 Å². The molecule has 8 heteroatoms. The summed E-state index contributed by atoms with van der Waals surface area (Å²) >= 11 is 0. The van der Waals surface area contributed by atoms with Gasteiger partial charge >= 0.3 is 5.69 Å². The van der Waals surface area contributed by atoms with Crippen LogP contribution in [0.5, 0.6) is 0 Å². The summed E-state index contributed by atoms with van der Waals surface area (Å²) < 4.78 is 21.6.